The van der Waals surface area contributed by atoms with E-state index >= 15 is 0 Å². The van der Waals surface area contributed by atoms with Gasteiger partial charge in [-0.15, -0.1) is 0 Å². The zero-order valence-electron chi connectivity index (χ0n) is 11.8. The van der Waals surface area contributed by atoms with Crippen LogP contribution in [0.25, 0.3) is 11.0 Å². The summed E-state index contributed by atoms with van der Waals surface area (Å²) in [6, 6.07) is 4.99. The highest BCUT2D eigenvalue weighted by Crippen LogP contribution is 2.20. The largest absolute Gasteiger partial charge is 0.478 e. The molecule has 2 N–H and O–H groups in total. The molecule has 0 saturated heterocycles. The second kappa shape index (κ2) is 6.05. The first-order chi connectivity index (χ1) is 9.56. The van der Waals surface area contributed by atoms with Crippen molar-refractivity contribution in [1.29, 1.82) is 0 Å². The van der Waals surface area contributed by atoms with Gasteiger partial charge in [-0.25, -0.2) is 9.78 Å². The fraction of sp³-hybridized carbons (Fsp3) is 0.467. The smallest absolute Gasteiger partial charge is 0.335 e. The van der Waals surface area contributed by atoms with Gasteiger partial charge in [0, 0.05) is 19.6 Å². The molecule has 5 heteroatoms. The van der Waals surface area contributed by atoms with Crippen molar-refractivity contribution in [2.45, 2.75) is 33.2 Å². The molecular formula is C15H20N2O3. The molecule has 2 rings (SSSR count). The standard InChI is InChI=1S/C15H20N2O3/c1-3-4-14-16-12-6-5-11(15(19)20)7-13(12)17(14)8-10(2)9-18/h5-7,10,18H,3-4,8-9H2,1-2H3,(H,19,20). The number of hydrogen-bond donors (Lipinski definition) is 2. The predicted molar refractivity (Wildman–Crippen MR) is 76.9 cm³/mol. The molecule has 0 bridgehead atoms. The molecule has 0 spiro atoms. The third-order valence-electron chi connectivity index (χ3n) is 3.35. The van der Waals surface area contributed by atoms with Gasteiger partial charge in [-0.2, -0.15) is 0 Å². The molecule has 0 saturated carbocycles. The minimum Gasteiger partial charge on any atom is -0.478 e. The van der Waals surface area contributed by atoms with Crippen LogP contribution in [0.2, 0.25) is 0 Å². The van der Waals surface area contributed by atoms with Crippen molar-refractivity contribution in [3.8, 4) is 0 Å². The Balaban J connectivity index is 2.54. The predicted octanol–water partition coefficient (Wildman–Crippen LogP) is 2.32. The molecule has 0 aliphatic heterocycles. The van der Waals surface area contributed by atoms with Gasteiger partial charge in [0.25, 0.3) is 0 Å². The van der Waals surface area contributed by atoms with E-state index in [4.69, 9.17) is 5.11 Å². The Bertz CT molecular complexity index is 619. The van der Waals surface area contributed by atoms with Crippen molar-refractivity contribution in [1.82, 2.24) is 9.55 Å². The summed E-state index contributed by atoms with van der Waals surface area (Å²) in [6.07, 6.45) is 1.82. The second-order valence-electron chi connectivity index (χ2n) is 5.19. The summed E-state index contributed by atoms with van der Waals surface area (Å²) in [5.74, 6) is 0.119. The van der Waals surface area contributed by atoms with Crippen LogP contribution in [0.1, 0.15) is 36.5 Å². The van der Waals surface area contributed by atoms with Crippen molar-refractivity contribution in [2.75, 3.05) is 6.61 Å². The highest BCUT2D eigenvalue weighted by Gasteiger charge is 2.14. The van der Waals surface area contributed by atoms with Crippen LogP contribution < -0.4 is 0 Å². The monoisotopic (exact) mass is 276 g/mol. The summed E-state index contributed by atoms with van der Waals surface area (Å²) in [4.78, 5) is 15.7. The van der Waals surface area contributed by atoms with Crippen molar-refractivity contribution < 1.29 is 15.0 Å². The minimum atomic E-state index is -0.938. The summed E-state index contributed by atoms with van der Waals surface area (Å²) in [5, 5.41) is 18.3. The highest BCUT2D eigenvalue weighted by molar-refractivity contribution is 5.92. The highest BCUT2D eigenvalue weighted by atomic mass is 16.4. The van der Waals surface area contributed by atoms with E-state index in [0.717, 1.165) is 29.7 Å². The summed E-state index contributed by atoms with van der Waals surface area (Å²) >= 11 is 0. The molecule has 0 aliphatic carbocycles. The van der Waals surface area contributed by atoms with E-state index < -0.39 is 5.97 Å². The Morgan fingerprint density at radius 2 is 2.20 bits per heavy atom. The van der Waals surface area contributed by atoms with E-state index in [0.29, 0.717) is 6.54 Å². The number of aliphatic hydroxyl groups is 1. The van der Waals surface area contributed by atoms with Crippen molar-refractivity contribution >= 4 is 17.0 Å². The fourth-order valence-corrected chi connectivity index (χ4v) is 2.29. The van der Waals surface area contributed by atoms with Gasteiger partial charge >= 0.3 is 5.97 Å². The van der Waals surface area contributed by atoms with Gasteiger partial charge in [0.15, 0.2) is 0 Å². The first-order valence-corrected chi connectivity index (χ1v) is 6.90. The number of carboxylic acid groups (broad SMARTS) is 1. The van der Waals surface area contributed by atoms with Crippen LogP contribution in [0, 0.1) is 5.92 Å². The molecule has 0 amide bonds. The molecule has 0 fully saturated rings. The number of aliphatic hydroxyl groups excluding tert-OH is 1. The first-order valence-electron chi connectivity index (χ1n) is 6.90. The molecule has 1 heterocycles. The number of aromatic carboxylic acids is 1. The lowest BCUT2D eigenvalue weighted by molar-refractivity contribution is 0.0697. The molecule has 1 aromatic carbocycles. The fourth-order valence-electron chi connectivity index (χ4n) is 2.29. The number of carboxylic acids is 1. The summed E-state index contributed by atoms with van der Waals surface area (Å²) in [5.41, 5.74) is 1.90. The van der Waals surface area contributed by atoms with Crippen LogP contribution in [0.15, 0.2) is 18.2 Å². The van der Waals surface area contributed by atoms with Crippen molar-refractivity contribution in [2.24, 2.45) is 5.92 Å². The van der Waals surface area contributed by atoms with Crippen LogP contribution in [-0.4, -0.2) is 32.3 Å². The normalized spacial score (nSPS) is 12.8. The van der Waals surface area contributed by atoms with Gasteiger partial charge in [0.2, 0.25) is 0 Å². The van der Waals surface area contributed by atoms with E-state index in [9.17, 15) is 9.90 Å². The Morgan fingerprint density at radius 1 is 1.45 bits per heavy atom. The maximum absolute atomic E-state index is 11.1. The molecule has 5 nitrogen and oxygen atoms in total. The van der Waals surface area contributed by atoms with Gasteiger partial charge in [-0.05, 0) is 30.5 Å². The summed E-state index contributed by atoms with van der Waals surface area (Å²) in [7, 11) is 0. The number of aryl methyl sites for hydroxylation is 1. The number of aromatic nitrogens is 2. The maximum atomic E-state index is 11.1. The molecule has 1 aromatic heterocycles. The topological polar surface area (TPSA) is 75.3 Å². The van der Waals surface area contributed by atoms with Crippen LogP contribution in [0.5, 0.6) is 0 Å². The van der Waals surface area contributed by atoms with Gasteiger partial charge in [0.1, 0.15) is 5.82 Å². The first kappa shape index (κ1) is 14.5. The average molecular weight is 276 g/mol. The Hall–Kier alpha value is -1.88. The summed E-state index contributed by atoms with van der Waals surface area (Å²) in [6.45, 7) is 4.79. The van der Waals surface area contributed by atoms with Gasteiger partial charge in [0.05, 0.1) is 16.6 Å². The Morgan fingerprint density at radius 3 is 2.80 bits per heavy atom. The molecule has 0 radical (unpaired) electrons. The van der Waals surface area contributed by atoms with E-state index in [1.165, 1.54) is 0 Å². The quantitative estimate of drug-likeness (QED) is 0.849. The Kier molecular flexibility index (Phi) is 4.39. The molecule has 2 aromatic rings. The third-order valence-corrected chi connectivity index (χ3v) is 3.35. The number of benzene rings is 1. The van der Waals surface area contributed by atoms with E-state index in [1.807, 2.05) is 11.5 Å². The number of rotatable bonds is 6. The van der Waals surface area contributed by atoms with Crippen molar-refractivity contribution in [3.63, 3.8) is 0 Å². The number of fused-ring (bicyclic) bond motifs is 1. The lowest BCUT2D eigenvalue weighted by atomic mass is 10.1. The van der Waals surface area contributed by atoms with Gasteiger partial charge < -0.3 is 14.8 Å². The number of nitrogens with zero attached hydrogens (tertiary/aromatic N) is 2. The molecule has 108 valence electrons. The van der Waals surface area contributed by atoms with E-state index in [2.05, 4.69) is 11.9 Å². The van der Waals surface area contributed by atoms with Crippen LogP contribution in [-0.2, 0) is 13.0 Å². The molecule has 1 atom stereocenters. The number of carbonyl (C=O) groups is 1. The van der Waals surface area contributed by atoms with Gasteiger partial charge in [-0.1, -0.05) is 13.8 Å². The van der Waals surface area contributed by atoms with E-state index in [1.54, 1.807) is 18.2 Å². The molecule has 1 unspecified atom stereocenters. The SMILES string of the molecule is CCCc1nc2ccc(C(=O)O)cc2n1CC(C)CO. The van der Waals surface area contributed by atoms with Crippen LogP contribution >= 0.6 is 0 Å². The zero-order valence-corrected chi connectivity index (χ0v) is 11.8. The lowest BCUT2D eigenvalue weighted by Crippen LogP contribution is -2.13. The number of imidazole rings is 1. The lowest BCUT2D eigenvalue weighted by Gasteiger charge is -2.13. The maximum Gasteiger partial charge on any atom is 0.335 e. The zero-order chi connectivity index (χ0) is 14.7. The third kappa shape index (κ3) is 2.82. The van der Waals surface area contributed by atoms with E-state index in [-0.39, 0.29) is 18.1 Å². The molecule has 20 heavy (non-hydrogen) atoms. The molecular weight excluding hydrogens is 256 g/mol. The van der Waals surface area contributed by atoms with Crippen LogP contribution in [0.3, 0.4) is 0 Å². The summed E-state index contributed by atoms with van der Waals surface area (Å²) < 4.78 is 2.03. The van der Waals surface area contributed by atoms with Crippen molar-refractivity contribution in [3.05, 3.63) is 29.6 Å². The average Bonchev–Trinajstić information content (AvgIpc) is 2.76. The minimum absolute atomic E-state index is 0.101. The number of hydrogen-bond acceptors (Lipinski definition) is 3. The second-order valence-corrected chi connectivity index (χ2v) is 5.19. The Labute approximate surface area is 117 Å². The van der Waals surface area contributed by atoms with Gasteiger partial charge in [-0.3, -0.25) is 0 Å². The van der Waals surface area contributed by atoms with Crippen LogP contribution in [0.4, 0.5) is 0 Å². The molecule has 0 aliphatic rings.